The molecular formula is C26H27NO4. The van der Waals surface area contributed by atoms with Crippen molar-refractivity contribution in [3.8, 4) is 12.3 Å². The van der Waals surface area contributed by atoms with Gasteiger partial charge in [0.2, 0.25) is 6.29 Å². The van der Waals surface area contributed by atoms with Gasteiger partial charge in [-0.1, -0.05) is 42.3 Å². The lowest BCUT2D eigenvalue weighted by atomic mass is 9.91. The summed E-state index contributed by atoms with van der Waals surface area (Å²) in [4.78, 5) is 12.8. The summed E-state index contributed by atoms with van der Waals surface area (Å²) in [5.41, 5.74) is 3.72. The Hall–Kier alpha value is -3.07. The van der Waals surface area contributed by atoms with Crippen LogP contribution in [0.3, 0.4) is 0 Å². The summed E-state index contributed by atoms with van der Waals surface area (Å²) in [7, 11) is 0. The number of ether oxygens (including phenoxy) is 2. The van der Waals surface area contributed by atoms with E-state index in [0.717, 1.165) is 41.5 Å². The lowest BCUT2D eigenvalue weighted by molar-refractivity contribution is -0.150. The highest BCUT2D eigenvalue weighted by atomic mass is 16.7. The van der Waals surface area contributed by atoms with E-state index in [1.54, 1.807) is 0 Å². The van der Waals surface area contributed by atoms with Crippen molar-refractivity contribution in [2.24, 2.45) is 0 Å². The van der Waals surface area contributed by atoms with Gasteiger partial charge in [0.15, 0.2) is 5.76 Å². The Balaban J connectivity index is 1.48. The number of nitrogens with one attached hydrogen (secondary N) is 1. The zero-order valence-corrected chi connectivity index (χ0v) is 17.4. The standard InChI is InChI=1S/C26H27NO4/c1-2-18-10-12-21(13-11-18)22-14-24(26(29)27-23-4-3-5-23)31-25(15-22)30-17-20-8-6-19(16-28)7-9-20/h1,6-14,22-23,25,28H,3-5,15-17H2,(H,27,29)/t22-,25+/m1/s1. The molecule has 0 radical (unpaired) electrons. The predicted octanol–water partition coefficient (Wildman–Crippen LogP) is 3.76. The second kappa shape index (κ2) is 9.82. The smallest absolute Gasteiger partial charge is 0.286 e. The number of amides is 1. The maximum atomic E-state index is 12.8. The Morgan fingerprint density at radius 2 is 1.84 bits per heavy atom. The number of carbonyl (C=O) groups is 1. The van der Waals surface area contributed by atoms with Crippen molar-refractivity contribution in [3.05, 3.63) is 82.6 Å². The molecule has 0 saturated heterocycles. The first-order chi connectivity index (χ1) is 15.1. The fourth-order valence-corrected chi connectivity index (χ4v) is 3.72. The molecule has 5 nitrogen and oxygen atoms in total. The molecule has 1 aliphatic carbocycles. The van der Waals surface area contributed by atoms with Crippen LogP contribution in [-0.4, -0.2) is 23.3 Å². The van der Waals surface area contributed by atoms with Gasteiger partial charge in [-0.05, 0) is 54.2 Å². The van der Waals surface area contributed by atoms with Crippen LogP contribution in [-0.2, 0) is 27.5 Å². The van der Waals surface area contributed by atoms with Crippen molar-refractivity contribution in [2.75, 3.05) is 0 Å². The normalized spacial score (nSPS) is 20.7. The molecule has 1 aliphatic heterocycles. The minimum absolute atomic E-state index is 0.00974. The van der Waals surface area contributed by atoms with Crippen LogP contribution in [0.2, 0.25) is 0 Å². The lowest BCUT2D eigenvalue weighted by Crippen LogP contribution is -2.42. The molecule has 1 saturated carbocycles. The minimum atomic E-state index is -0.540. The van der Waals surface area contributed by atoms with Crippen LogP contribution < -0.4 is 5.32 Å². The Morgan fingerprint density at radius 3 is 2.45 bits per heavy atom. The SMILES string of the molecule is C#Cc1ccc([C@@H]2C=C(C(=O)NC3CCC3)O[C@H](OCc3ccc(CO)cc3)C2)cc1. The number of benzene rings is 2. The Bertz CT molecular complexity index is 968. The fraction of sp³-hybridized carbons (Fsp3) is 0.346. The van der Waals surface area contributed by atoms with Crippen LogP contribution in [0, 0.1) is 12.3 Å². The van der Waals surface area contributed by atoms with Crippen molar-refractivity contribution >= 4 is 5.91 Å². The number of hydrogen-bond donors (Lipinski definition) is 2. The molecule has 2 aliphatic rings. The second-order valence-electron chi connectivity index (χ2n) is 8.07. The average Bonchev–Trinajstić information content (AvgIpc) is 2.80. The third-order valence-electron chi connectivity index (χ3n) is 5.87. The van der Waals surface area contributed by atoms with E-state index in [0.29, 0.717) is 18.8 Å². The molecule has 0 spiro atoms. The van der Waals surface area contributed by atoms with E-state index in [-0.39, 0.29) is 24.5 Å². The number of carbonyl (C=O) groups excluding carboxylic acids is 1. The summed E-state index contributed by atoms with van der Waals surface area (Å²) in [6, 6.07) is 15.6. The molecule has 1 amide bonds. The molecule has 1 heterocycles. The molecule has 4 rings (SSSR count). The lowest BCUT2D eigenvalue weighted by Gasteiger charge is -2.31. The Labute approximate surface area is 183 Å². The van der Waals surface area contributed by atoms with Gasteiger partial charge in [-0.3, -0.25) is 4.79 Å². The van der Waals surface area contributed by atoms with E-state index in [1.165, 1.54) is 0 Å². The first-order valence-corrected chi connectivity index (χ1v) is 10.7. The highest BCUT2D eigenvalue weighted by Gasteiger charge is 2.30. The van der Waals surface area contributed by atoms with Gasteiger partial charge < -0.3 is 19.9 Å². The first kappa shape index (κ1) is 21.2. The molecule has 2 aromatic rings. The average molecular weight is 418 g/mol. The van der Waals surface area contributed by atoms with E-state index >= 15 is 0 Å². The van der Waals surface area contributed by atoms with E-state index in [2.05, 4.69) is 11.2 Å². The molecule has 2 N–H and O–H groups in total. The van der Waals surface area contributed by atoms with Crippen molar-refractivity contribution in [2.45, 2.75) is 57.1 Å². The first-order valence-electron chi connectivity index (χ1n) is 10.7. The van der Waals surface area contributed by atoms with E-state index < -0.39 is 6.29 Å². The molecule has 0 unspecified atom stereocenters. The topological polar surface area (TPSA) is 67.8 Å². The molecule has 2 atom stereocenters. The third-order valence-corrected chi connectivity index (χ3v) is 5.87. The zero-order valence-electron chi connectivity index (χ0n) is 17.4. The van der Waals surface area contributed by atoms with Gasteiger partial charge in [0.25, 0.3) is 5.91 Å². The predicted molar refractivity (Wildman–Crippen MR) is 118 cm³/mol. The molecule has 2 aromatic carbocycles. The zero-order chi connectivity index (χ0) is 21.6. The van der Waals surface area contributed by atoms with Gasteiger partial charge in [-0.2, -0.15) is 0 Å². The van der Waals surface area contributed by atoms with Gasteiger partial charge in [0.05, 0.1) is 13.2 Å². The van der Waals surface area contributed by atoms with Crippen LogP contribution >= 0.6 is 0 Å². The summed E-state index contributed by atoms with van der Waals surface area (Å²) in [5, 5.41) is 12.2. The summed E-state index contributed by atoms with van der Waals surface area (Å²) in [6.45, 7) is 0.369. The van der Waals surface area contributed by atoms with E-state index in [1.807, 2.05) is 54.6 Å². The maximum Gasteiger partial charge on any atom is 0.286 e. The van der Waals surface area contributed by atoms with E-state index in [4.69, 9.17) is 15.9 Å². The molecule has 0 bridgehead atoms. The van der Waals surface area contributed by atoms with Crippen LogP contribution in [0.1, 0.15) is 53.9 Å². The fourth-order valence-electron chi connectivity index (χ4n) is 3.72. The molecular weight excluding hydrogens is 390 g/mol. The maximum absolute atomic E-state index is 12.8. The Kier molecular flexibility index (Phi) is 6.71. The molecule has 1 fully saturated rings. The van der Waals surface area contributed by atoms with Gasteiger partial charge in [0, 0.05) is 23.9 Å². The van der Waals surface area contributed by atoms with Gasteiger partial charge in [-0.25, -0.2) is 0 Å². The molecule has 5 heteroatoms. The van der Waals surface area contributed by atoms with E-state index in [9.17, 15) is 9.90 Å². The Morgan fingerprint density at radius 1 is 1.13 bits per heavy atom. The van der Waals surface area contributed by atoms with Gasteiger partial charge in [0.1, 0.15) is 0 Å². The number of hydrogen-bond acceptors (Lipinski definition) is 4. The van der Waals surface area contributed by atoms with Crippen molar-refractivity contribution in [1.82, 2.24) is 5.32 Å². The third kappa shape index (κ3) is 5.35. The summed E-state index contributed by atoms with van der Waals surface area (Å²) in [5.74, 6) is 2.74. The van der Waals surface area contributed by atoms with Gasteiger partial charge in [-0.15, -0.1) is 6.42 Å². The van der Waals surface area contributed by atoms with Crippen LogP contribution in [0.15, 0.2) is 60.4 Å². The quantitative estimate of drug-likeness (QED) is 0.673. The van der Waals surface area contributed by atoms with Crippen LogP contribution in [0.25, 0.3) is 0 Å². The van der Waals surface area contributed by atoms with Crippen LogP contribution in [0.4, 0.5) is 0 Å². The second-order valence-corrected chi connectivity index (χ2v) is 8.07. The van der Waals surface area contributed by atoms with Crippen LogP contribution in [0.5, 0.6) is 0 Å². The molecule has 31 heavy (non-hydrogen) atoms. The number of terminal acetylenes is 1. The monoisotopic (exact) mass is 417 g/mol. The van der Waals surface area contributed by atoms with Crippen molar-refractivity contribution in [3.63, 3.8) is 0 Å². The summed E-state index contributed by atoms with van der Waals surface area (Å²) < 4.78 is 12.0. The minimum Gasteiger partial charge on any atom is -0.459 e. The number of aliphatic hydroxyl groups excluding tert-OH is 1. The van der Waals surface area contributed by atoms with Gasteiger partial charge >= 0.3 is 0 Å². The van der Waals surface area contributed by atoms with Crippen molar-refractivity contribution < 1.29 is 19.4 Å². The number of allylic oxidation sites excluding steroid dienone is 1. The highest BCUT2D eigenvalue weighted by Crippen LogP contribution is 2.32. The largest absolute Gasteiger partial charge is 0.459 e. The molecule has 0 aromatic heterocycles. The number of rotatable bonds is 7. The molecule has 160 valence electrons. The summed E-state index contributed by atoms with van der Waals surface area (Å²) >= 11 is 0. The number of aliphatic hydroxyl groups is 1. The summed E-state index contributed by atoms with van der Waals surface area (Å²) in [6.07, 6.45) is 10.6. The highest BCUT2D eigenvalue weighted by molar-refractivity contribution is 5.92. The van der Waals surface area contributed by atoms with Crippen molar-refractivity contribution in [1.29, 1.82) is 0 Å².